The minimum atomic E-state index is -0.224. The van der Waals surface area contributed by atoms with Crippen LogP contribution in [0.4, 0.5) is 0 Å². The molecule has 0 saturated carbocycles. The number of hydrogen-bond acceptors (Lipinski definition) is 4. The van der Waals surface area contributed by atoms with Crippen LogP contribution in [0.15, 0.2) is 0 Å². The largest absolute Gasteiger partial charge is 0.390 e. The maximum Gasteiger partial charge on any atom is 0.0791 e. The number of hydrogen-bond donors (Lipinski definition) is 2. The molecule has 2 aliphatic heterocycles. The van der Waals surface area contributed by atoms with Gasteiger partial charge in [-0.2, -0.15) is 0 Å². The number of nitrogens with one attached hydrogen (secondary N) is 1. The fourth-order valence-electron chi connectivity index (χ4n) is 2.75. The molecule has 2 aliphatic rings. The summed E-state index contributed by atoms with van der Waals surface area (Å²) in [5.74, 6) is 0.641. The molecule has 0 bridgehead atoms. The van der Waals surface area contributed by atoms with E-state index in [1.165, 1.54) is 25.7 Å². The van der Waals surface area contributed by atoms with Gasteiger partial charge in [-0.05, 0) is 44.7 Å². The molecule has 0 aromatic heterocycles. The van der Waals surface area contributed by atoms with Crippen molar-refractivity contribution in [3.8, 4) is 0 Å². The van der Waals surface area contributed by atoms with Gasteiger partial charge in [-0.25, -0.2) is 0 Å². The molecule has 0 spiro atoms. The number of aliphatic hydroxyl groups excluding tert-OH is 1. The van der Waals surface area contributed by atoms with Crippen LogP contribution in [0.3, 0.4) is 0 Å². The van der Waals surface area contributed by atoms with Crippen molar-refractivity contribution in [2.45, 2.75) is 31.8 Å². The van der Waals surface area contributed by atoms with Gasteiger partial charge >= 0.3 is 0 Å². The molecular formula is C13H26N2O2. The molecular weight excluding hydrogens is 216 g/mol. The van der Waals surface area contributed by atoms with Crippen molar-refractivity contribution in [3.63, 3.8) is 0 Å². The molecule has 2 rings (SSSR count). The molecule has 0 aromatic rings. The summed E-state index contributed by atoms with van der Waals surface area (Å²) in [4.78, 5) is 2.36. The fraction of sp³-hybridized carbons (Fsp3) is 1.00. The normalized spacial score (nSPS) is 28.4. The van der Waals surface area contributed by atoms with Crippen molar-refractivity contribution in [1.82, 2.24) is 10.2 Å². The third kappa shape index (κ3) is 4.92. The number of ether oxygens (including phenoxy) is 1. The van der Waals surface area contributed by atoms with Crippen LogP contribution < -0.4 is 5.32 Å². The van der Waals surface area contributed by atoms with Crippen LogP contribution in [0.5, 0.6) is 0 Å². The Morgan fingerprint density at radius 2 is 2.12 bits per heavy atom. The Hall–Kier alpha value is -0.160. The summed E-state index contributed by atoms with van der Waals surface area (Å²) in [7, 11) is 0. The SMILES string of the molecule is OC(CNCC1CCCOC1)CN1CCCC1. The lowest BCUT2D eigenvalue weighted by Crippen LogP contribution is -2.39. The Morgan fingerprint density at radius 1 is 1.29 bits per heavy atom. The second kappa shape index (κ2) is 7.31. The monoisotopic (exact) mass is 242 g/mol. The second-order valence-electron chi connectivity index (χ2n) is 5.40. The highest BCUT2D eigenvalue weighted by molar-refractivity contribution is 4.73. The molecule has 2 fully saturated rings. The number of aliphatic hydroxyl groups is 1. The van der Waals surface area contributed by atoms with Gasteiger partial charge in [0.15, 0.2) is 0 Å². The Kier molecular flexibility index (Phi) is 5.71. The predicted octanol–water partition coefficient (Wildman–Crippen LogP) is 0.459. The first-order valence-electron chi connectivity index (χ1n) is 7.03. The molecule has 2 saturated heterocycles. The van der Waals surface area contributed by atoms with Crippen molar-refractivity contribution < 1.29 is 9.84 Å². The highest BCUT2D eigenvalue weighted by Gasteiger charge is 2.17. The van der Waals surface area contributed by atoms with Gasteiger partial charge in [0, 0.05) is 26.2 Å². The van der Waals surface area contributed by atoms with Crippen LogP contribution in [0.1, 0.15) is 25.7 Å². The first-order valence-corrected chi connectivity index (χ1v) is 7.03. The molecule has 0 amide bonds. The van der Waals surface area contributed by atoms with Crippen molar-refractivity contribution in [1.29, 1.82) is 0 Å². The van der Waals surface area contributed by atoms with E-state index in [4.69, 9.17) is 4.74 Å². The summed E-state index contributed by atoms with van der Waals surface area (Å²) in [6.45, 7) is 6.66. The van der Waals surface area contributed by atoms with Gasteiger partial charge in [0.2, 0.25) is 0 Å². The Balaban J connectivity index is 1.51. The number of likely N-dealkylation sites (tertiary alicyclic amines) is 1. The van der Waals surface area contributed by atoms with Crippen molar-refractivity contribution in [2.75, 3.05) is 45.9 Å². The molecule has 4 nitrogen and oxygen atoms in total. The molecule has 2 unspecified atom stereocenters. The number of nitrogens with zero attached hydrogens (tertiary/aromatic N) is 1. The Labute approximate surface area is 104 Å². The zero-order valence-corrected chi connectivity index (χ0v) is 10.7. The van der Waals surface area contributed by atoms with Gasteiger partial charge in [-0.15, -0.1) is 0 Å². The Morgan fingerprint density at radius 3 is 2.82 bits per heavy atom. The first-order chi connectivity index (χ1) is 8.34. The van der Waals surface area contributed by atoms with E-state index >= 15 is 0 Å². The first kappa shape index (κ1) is 13.3. The highest BCUT2D eigenvalue weighted by Crippen LogP contribution is 2.12. The Bertz CT molecular complexity index is 202. The second-order valence-corrected chi connectivity index (χ2v) is 5.40. The van der Waals surface area contributed by atoms with E-state index in [0.29, 0.717) is 12.5 Å². The topological polar surface area (TPSA) is 44.7 Å². The molecule has 0 aromatic carbocycles. The molecule has 100 valence electrons. The highest BCUT2D eigenvalue weighted by atomic mass is 16.5. The molecule has 4 heteroatoms. The summed E-state index contributed by atoms with van der Waals surface area (Å²) < 4.78 is 5.44. The lowest BCUT2D eigenvalue weighted by molar-refractivity contribution is 0.0523. The van der Waals surface area contributed by atoms with Gasteiger partial charge in [0.1, 0.15) is 0 Å². The van der Waals surface area contributed by atoms with E-state index < -0.39 is 0 Å². The molecule has 2 heterocycles. The van der Waals surface area contributed by atoms with Gasteiger partial charge in [-0.1, -0.05) is 0 Å². The van der Waals surface area contributed by atoms with Gasteiger partial charge < -0.3 is 20.1 Å². The summed E-state index contributed by atoms with van der Waals surface area (Å²) >= 11 is 0. The van der Waals surface area contributed by atoms with Crippen molar-refractivity contribution in [2.24, 2.45) is 5.92 Å². The van der Waals surface area contributed by atoms with E-state index in [9.17, 15) is 5.11 Å². The third-order valence-corrected chi connectivity index (χ3v) is 3.74. The molecule has 2 N–H and O–H groups in total. The third-order valence-electron chi connectivity index (χ3n) is 3.74. The molecule has 17 heavy (non-hydrogen) atoms. The lowest BCUT2D eigenvalue weighted by atomic mass is 10.0. The van der Waals surface area contributed by atoms with Gasteiger partial charge in [0.05, 0.1) is 12.7 Å². The van der Waals surface area contributed by atoms with Crippen molar-refractivity contribution in [3.05, 3.63) is 0 Å². The van der Waals surface area contributed by atoms with Crippen LogP contribution in [-0.4, -0.2) is 62.0 Å². The number of rotatable bonds is 6. The minimum Gasteiger partial charge on any atom is -0.390 e. The van der Waals surface area contributed by atoms with E-state index in [-0.39, 0.29) is 6.10 Å². The molecule has 0 aliphatic carbocycles. The standard InChI is InChI=1S/C13H26N2O2/c16-13(10-15-5-1-2-6-15)9-14-8-12-4-3-7-17-11-12/h12-14,16H,1-11H2. The molecule has 2 atom stereocenters. The van der Waals surface area contributed by atoms with Crippen LogP contribution in [-0.2, 0) is 4.74 Å². The van der Waals surface area contributed by atoms with E-state index in [1.807, 2.05) is 0 Å². The van der Waals surface area contributed by atoms with Gasteiger partial charge in [-0.3, -0.25) is 0 Å². The quantitative estimate of drug-likeness (QED) is 0.710. The van der Waals surface area contributed by atoms with Crippen LogP contribution >= 0.6 is 0 Å². The zero-order valence-electron chi connectivity index (χ0n) is 10.7. The van der Waals surface area contributed by atoms with E-state index in [2.05, 4.69) is 10.2 Å². The van der Waals surface area contributed by atoms with Gasteiger partial charge in [0.25, 0.3) is 0 Å². The average molecular weight is 242 g/mol. The van der Waals surface area contributed by atoms with Crippen LogP contribution in [0.2, 0.25) is 0 Å². The van der Waals surface area contributed by atoms with E-state index in [1.54, 1.807) is 0 Å². The van der Waals surface area contributed by atoms with Crippen LogP contribution in [0, 0.1) is 5.92 Å². The fourth-order valence-corrected chi connectivity index (χ4v) is 2.75. The minimum absolute atomic E-state index is 0.224. The average Bonchev–Trinajstić information content (AvgIpc) is 2.83. The summed E-state index contributed by atoms with van der Waals surface area (Å²) in [6, 6.07) is 0. The van der Waals surface area contributed by atoms with Crippen molar-refractivity contribution >= 4 is 0 Å². The predicted molar refractivity (Wildman–Crippen MR) is 68.1 cm³/mol. The smallest absolute Gasteiger partial charge is 0.0791 e. The lowest BCUT2D eigenvalue weighted by Gasteiger charge is -2.24. The summed E-state index contributed by atoms with van der Waals surface area (Å²) in [5.41, 5.74) is 0. The molecule has 0 radical (unpaired) electrons. The van der Waals surface area contributed by atoms with E-state index in [0.717, 1.165) is 39.4 Å². The number of β-amino-alcohol motifs (C(OH)–C–C–N with tert-alkyl or cyclic N) is 1. The maximum absolute atomic E-state index is 9.90. The zero-order chi connectivity index (χ0) is 11.9. The van der Waals surface area contributed by atoms with Crippen LogP contribution in [0.25, 0.3) is 0 Å². The summed E-state index contributed by atoms with van der Waals surface area (Å²) in [6.07, 6.45) is 4.80. The maximum atomic E-state index is 9.90. The summed E-state index contributed by atoms with van der Waals surface area (Å²) in [5, 5.41) is 13.3.